The maximum Gasteiger partial charge on any atom is 0.224 e. The van der Waals surface area contributed by atoms with Gasteiger partial charge in [0.1, 0.15) is 5.01 Å². The Hall–Kier alpha value is -2.20. The van der Waals surface area contributed by atoms with Crippen molar-refractivity contribution in [2.75, 3.05) is 5.32 Å². The molecule has 2 aromatic carbocycles. The summed E-state index contributed by atoms with van der Waals surface area (Å²) in [7, 11) is 0. The van der Waals surface area contributed by atoms with Crippen LogP contribution in [0.5, 0.6) is 0 Å². The lowest BCUT2D eigenvalue weighted by atomic mass is 10.2. The van der Waals surface area contributed by atoms with Crippen LogP contribution < -0.4 is 5.32 Å². The molecule has 0 spiro atoms. The van der Waals surface area contributed by atoms with Crippen LogP contribution >= 0.6 is 11.3 Å². The number of para-hydroxylation sites is 1. The van der Waals surface area contributed by atoms with E-state index in [2.05, 4.69) is 16.4 Å². The number of fused-ring (bicyclic) bond motifs is 1. The number of thiazole rings is 1. The van der Waals surface area contributed by atoms with Crippen molar-refractivity contribution < 1.29 is 4.79 Å². The van der Waals surface area contributed by atoms with Crippen molar-refractivity contribution in [2.45, 2.75) is 19.8 Å². The van der Waals surface area contributed by atoms with E-state index in [9.17, 15) is 4.79 Å². The number of nitrogens with zero attached hydrogens (tertiary/aromatic N) is 1. The highest BCUT2D eigenvalue weighted by Gasteiger charge is 2.07. The molecule has 0 aliphatic rings. The van der Waals surface area contributed by atoms with Crippen LogP contribution in [0.2, 0.25) is 0 Å². The van der Waals surface area contributed by atoms with Gasteiger partial charge in [-0.05, 0) is 30.7 Å². The van der Waals surface area contributed by atoms with Gasteiger partial charge in [0.05, 0.1) is 10.2 Å². The topological polar surface area (TPSA) is 42.0 Å². The molecule has 0 saturated carbocycles. The molecule has 0 bridgehead atoms. The van der Waals surface area contributed by atoms with Crippen LogP contribution in [-0.4, -0.2) is 10.9 Å². The Balaban J connectivity index is 1.90. The normalized spacial score (nSPS) is 10.7. The van der Waals surface area contributed by atoms with Gasteiger partial charge in [-0.2, -0.15) is 0 Å². The summed E-state index contributed by atoms with van der Waals surface area (Å²) in [6, 6.07) is 16.0. The molecule has 3 nitrogen and oxygen atoms in total. The zero-order valence-corrected chi connectivity index (χ0v) is 12.6. The zero-order valence-electron chi connectivity index (χ0n) is 11.8. The van der Waals surface area contributed by atoms with E-state index in [-0.39, 0.29) is 5.91 Å². The van der Waals surface area contributed by atoms with Crippen LogP contribution in [0.25, 0.3) is 20.8 Å². The zero-order chi connectivity index (χ0) is 14.7. The van der Waals surface area contributed by atoms with Gasteiger partial charge in [0, 0.05) is 17.7 Å². The smallest absolute Gasteiger partial charge is 0.224 e. The number of nitrogens with one attached hydrogen (secondary N) is 1. The van der Waals surface area contributed by atoms with Gasteiger partial charge in [0.25, 0.3) is 0 Å². The molecule has 3 rings (SSSR count). The third-order valence-electron chi connectivity index (χ3n) is 3.16. The quantitative estimate of drug-likeness (QED) is 0.758. The molecule has 3 aromatic rings. The van der Waals surface area contributed by atoms with Gasteiger partial charge in [-0.15, -0.1) is 11.3 Å². The molecule has 1 amide bonds. The Labute approximate surface area is 127 Å². The average molecular weight is 296 g/mol. The summed E-state index contributed by atoms with van der Waals surface area (Å²) in [5.74, 6) is 0.0546. The van der Waals surface area contributed by atoms with E-state index in [0.29, 0.717) is 6.42 Å². The summed E-state index contributed by atoms with van der Waals surface area (Å²) in [6.07, 6.45) is 1.40. The molecular formula is C17H16N2OS. The predicted molar refractivity (Wildman–Crippen MR) is 88.6 cm³/mol. The number of rotatable bonds is 4. The Kier molecular flexibility index (Phi) is 3.97. The van der Waals surface area contributed by atoms with Crippen LogP contribution in [0.4, 0.5) is 5.69 Å². The number of anilines is 1. The first-order valence-electron chi connectivity index (χ1n) is 7.02. The fraction of sp³-hybridized carbons (Fsp3) is 0.176. The fourth-order valence-electron chi connectivity index (χ4n) is 2.18. The summed E-state index contributed by atoms with van der Waals surface area (Å²) >= 11 is 1.66. The van der Waals surface area contributed by atoms with Crippen LogP contribution in [0.3, 0.4) is 0 Å². The van der Waals surface area contributed by atoms with E-state index in [4.69, 9.17) is 0 Å². The first-order valence-corrected chi connectivity index (χ1v) is 7.84. The van der Waals surface area contributed by atoms with Crippen LogP contribution in [-0.2, 0) is 4.79 Å². The molecule has 1 N–H and O–H groups in total. The van der Waals surface area contributed by atoms with Crippen molar-refractivity contribution in [3.05, 3.63) is 48.5 Å². The van der Waals surface area contributed by atoms with E-state index in [1.165, 1.54) is 4.70 Å². The second-order valence-corrected chi connectivity index (χ2v) is 5.90. The number of amides is 1. The summed E-state index contributed by atoms with van der Waals surface area (Å²) in [5.41, 5.74) is 2.87. The molecule has 0 atom stereocenters. The van der Waals surface area contributed by atoms with Gasteiger partial charge in [-0.3, -0.25) is 4.79 Å². The number of carbonyl (C=O) groups excluding carboxylic acids is 1. The van der Waals surface area contributed by atoms with Crippen molar-refractivity contribution in [3.8, 4) is 10.6 Å². The lowest BCUT2D eigenvalue weighted by Crippen LogP contribution is -2.10. The van der Waals surface area contributed by atoms with Crippen LogP contribution in [0.15, 0.2) is 48.5 Å². The van der Waals surface area contributed by atoms with Crippen molar-refractivity contribution in [1.29, 1.82) is 0 Å². The summed E-state index contributed by atoms with van der Waals surface area (Å²) < 4.78 is 1.17. The molecule has 21 heavy (non-hydrogen) atoms. The van der Waals surface area contributed by atoms with E-state index in [1.807, 2.05) is 49.4 Å². The third kappa shape index (κ3) is 3.11. The maximum atomic E-state index is 11.7. The largest absolute Gasteiger partial charge is 0.326 e. The van der Waals surface area contributed by atoms with Crippen LogP contribution in [0, 0.1) is 0 Å². The monoisotopic (exact) mass is 296 g/mol. The molecular weight excluding hydrogens is 280 g/mol. The second-order valence-electron chi connectivity index (χ2n) is 4.87. The SMILES string of the molecule is CCCC(=O)Nc1cccc(-c2nc3ccccc3s2)c1. The van der Waals surface area contributed by atoms with Gasteiger partial charge in [-0.25, -0.2) is 4.98 Å². The summed E-state index contributed by atoms with van der Waals surface area (Å²) in [6.45, 7) is 2.00. The van der Waals surface area contributed by atoms with E-state index >= 15 is 0 Å². The maximum absolute atomic E-state index is 11.7. The second kappa shape index (κ2) is 6.06. The molecule has 0 unspecified atom stereocenters. The number of carbonyl (C=O) groups is 1. The number of benzene rings is 2. The van der Waals surface area contributed by atoms with E-state index in [1.54, 1.807) is 11.3 Å². The first kappa shape index (κ1) is 13.8. The fourth-order valence-corrected chi connectivity index (χ4v) is 3.14. The number of hydrogen-bond acceptors (Lipinski definition) is 3. The molecule has 0 aliphatic heterocycles. The molecule has 4 heteroatoms. The molecule has 0 fully saturated rings. The Morgan fingerprint density at radius 2 is 2.05 bits per heavy atom. The minimum Gasteiger partial charge on any atom is -0.326 e. The molecule has 106 valence electrons. The molecule has 1 heterocycles. The van der Waals surface area contributed by atoms with Crippen molar-refractivity contribution in [1.82, 2.24) is 4.98 Å². The molecule has 0 saturated heterocycles. The third-order valence-corrected chi connectivity index (χ3v) is 4.25. The van der Waals surface area contributed by atoms with Gasteiger partial charge in [0.2, 0.25) is 5.91 Å². The van der Waals surface area contributed by atoms with Gasteiger partial charge < -0.3 is 5.32 Å². The average Bonchev–Trinajstić information content (AvgIpc) is 2.91. The first-order chi connectivity index (χ1) is 10.3. The highest BCUT2D eigenvalue weighted by atomic mass is 32.1. The van der Waals surface area contributed by atoms with Crippen molar-refractivity contribution in [2.24, 2.45) is 0 Å². The Morgan fingerprint density at radius 1 is 1.19 bits per heavy atom. The van der Waals surface area contributed by atoms with Crippen molar-refractivity contribution >= 4 is 33.1 Å². The van der Waals surface area contributed by atoms with Crippen molar-refractivity contribution in [3.63, 3.8) is 0 Å². The minimum absolute atomic E-state index is 0.0546. The summed E-state index contributed by atoms with van der Waals surface area (Å²) in [5, 5.41) is 3.90. The lowest BCUT2D eigenvalue weighted by molar-refractivity contribution is -0.116. The lowest BCUT2D eigenvalue weighted by Gasteiger charge is -2.05. The Bertz CT molecular complexity index is 746. The van der Waals surface area contributed by atoms with Gasteiger partial charge in [0.15, 0.2) is 0 Å². The van der Waals surface area contributed by atoms with E-state index < -0.39 is 0 Å². The van der Waals surface area contributed by atoms with Gasteiger partial charge >= 0.3 is 0 Å². The van der Waals surface area contributed by atoms with E-state index in [0.717, 1.165) is 28.2 Å². The molecule has 0 radical (unpaired) electrons. The minimum atomic E-state index is 0.0546. The van der Waals surface area contributed by atoms with Gasteiger partial charge in [-0.1, -0.05) is 31.2 Å². The molecule has 0 aliphatic carbocycles. The standard InChI is InChI=1S/C17H16N2OS/c1-2-6-16(20)18-13-8-5-7-12(11-13)17-19-14-9-3-4-10-15(14)21-17/h3-5,7-11H,2,6H2,1H3,(H,18,20). The highest BCUT2D eigenvalue weighted by Crippen LogP contribution is 2.31. The predicted octanol–water partition coefficient (Wildman–Crippen LogP) is 4.70. The number of aromatic nitrogens is 1. The Morgan fingerprint density at radius 3 is 2.86 bits per heavy atom. The van der Waals surface area contributed by atoms with Crippen LogP contribution in [0.1, 0.15) is 19.8 Å². The summed E-state index contributed by atoms with van der Waals surface area (Å²) in [4.78, 5) is 16.3. The number of hydrogen-bond donors (Lipinski definition) is 1. The highest BCUT2D eigenvalue weighted by molar-refractivity contribution is 7.21. The molecule has 1 aromatic heterocycles.